The number of hydrogen-bond acceptors (Lipinski definition) is 2. The van der Waals surface area contributed by atoms with E-state index >= 15 is 0 Å². The van der Waals surface area contributed by atoms with Gasteiger partial charge in [-0.3, -0.25) is 0 Å². The van der Waals surface area contributed by atoms with Crippen LogP contribution in [-0.4, -0.2) is 23.7 Å². The minimum Gasteiger partial charge on any atom is -0.480 e. The molecular formula is C21H23NO2. The highest BCUT2D eigenvalue weighted by molar-refractivity contribution is 5.84. The quantitative estimate of drug-likeness (QED) is 0.797. The lowest BCUT2D eigenvalue weighted by Gasteiger charge is -2.50. The Kier molecular flexibility index (Phi) is 2.83. The van der Waals surface area contributed by atoms with Gasteiger partial charge < -0.3 is 10.0 Å². The van der Waals surface area contributed by atoms with Crippen molar-refractivity contribution in [3.8, 4) is 0 Å². The molecule has 0 amide bonds. The van der Waals surface area contributed by atoms with E-state index in [0.717, 1.165) is 19.4 Å². The minimum absolute atomic E-state index is 0.176. The first kappa shape index (κ1) is 14.3. The molecule has 1 aromatic rings. The summed E-state index contributed by atoms with van der Waals surface area (Å²) in [7, 11) is 0. The van der Waals surface area contributed by atoms with Crippen LogP contribution in [0.4, 0.5) is 5.69 Å². The molecule has 5 atom stereocenters. The van der Waals surface area contributed by atoms with E-state index in [-0.39, 0.29) is 17.9 Å². The number of carbonyl (C=O) groups is 1. The fourth-order valence-electron chi connectivity index (χ4n) is 5.82. The summed E-state index contributed by atoms with van der Waals surface area (Å²) in [6.45, 7) is 5.27. The van der Waals surface area contributed by atoms with Gasteiger partial charge in [0.15, 0.2) is 0 Å². The molecule has 0 spiro atoms. The van der Waals surface area contributed by atoms with Crippen LogP contribution in [0.3, 0.4) is 0 Å². The van der Waals surface area contributed by atoms with Gasteiger partial charge in [0.1, 0.15) is 6.04 Å². The number of anilines is 1. The number of rotatable bonds is 1. The van der Waals surface area contributed by atoms with Crippen LogP contribution in [0, 0.1) is 25.7 Å². The van der Waals surface area contributed by atoms with Crippen molar-refractivity contribution in [1.82, 2.24) is 0 Å². The fourth-order valence-corrected chi connectivity index (χ4v) is 5.82. The molecule has 124 valence electrons. The Morgan fingerprint density at radius 1 is 1.08 bits per heavy atom. The first-order valence-corrected chi connectivity index (χ1v) is 9.04. The predicted molar refractivity (Wildman–Crippen MR) is 94.7 cm³/mol. The third-order valence-corrected chi connectivity index (χ3v) is 6.68. The predicted octanol–water partition coefficient (Wildman–Crippen LogP) is 3.91. The molecule has 3 heteroatoms. The Hall–Kier alpha value is -2.03. The number of nitrogens with zero attached hydrogens (tertiary/aromatic N) is 1. The molecule has 24 heavy (non-hydrogen) atoms. The van der Waals surface area contributed by atoms with Crippen LogP contribution in [0.5, 0.6) is 0 Å². The minimum atomic E-state index is -0.658. The molecule has 4 aliphatic rings. The lowest BCUT2D eigenvalue weighted by Crippen LogP contribution is -2.54. The van der Waals surface area contributed by atoms with Crippen molar-refractivity contribution in [3.05, 3.63) is 52.6 Å². The highest BCUT2D eigenvalue weighted by Gasteiger charge is 2.50. The van der Waals surface area contributed by atoms with E-state index < -0.39 is 5.97 Å². The van der Waals surface area contributed by atoms with Crippen molar-refractivity contribution in [2.45, 2.75) is 44.6 Å². The average molecular weight is 321 g/mol. The van der Waals surface area contributed by atoms with Crippen molar-refractivity contribution in [2.24, 2.45) is 11.8 Å². The van der Waals surface area contributed by atoms with Gasteiger partial charge in [0.05, 0.1) is 0 Å². The molecule has 2 heterocycles. The SMILES string of the molecule is Cc1cc(C)c2c3c1[C@H]1C=CC[C@@H]1CN3[C@H](C(=O)O)[C@H]1CC=C[C@H]21. The molecule has 0 bridgehead atoms. The third kappa shape index (κ3) is 1.65. The molecule has 0 fully saturated rings. The third-order valence-electron chi connectivity index (χ3n) is 6.68. The Balaban J connectivity index is 1.82. The zero-order valence-electron chi connectivity index (χ0n) is 14.2. The van der Waals surface area contributed by atoms with Crippen molar-refractivity contribution in [1.29, 1.82) is 0 Å². The van der Waals surface area contributed by atoms with E-state index in [2.05, 4.69) is 49.1 Å². The molecule has 1 aromatic carbocycles. The van der Waals surface area contributed by atoms with E-state index in [1.807, 2.05) is 0 Å². The molecule has 0 saturated carbocycles. The topological polar surface area (TPSA) is 40.5 Å². The van der Waals surface area contributed by atoms with Gasteiger partial charge in [-0.2, -0.15) is 0 Å². The summed E-state index contributed by atoms with van der Waals surface area (Å²) in [6.07, 6.45) is 11.0. The number of carboxylic acids is 1. The van der Waals surface area contributed by atoms with Crippen LogP contribution < -0.4 is 4.90 Å². The number of aliphatic carboxylic acids is 1. The zero-order valence-corrected chi connectivity index (χ0v) is 14.2. The summed E-state index contributed by atoms with van der Waals surface area (Å²) in [5, 5.41) is 10.0. The molecule has 2 aliphatic heterocycles. The monoisotopic (exact) mass is 321 g/mol. The number of aryl methyl sites for hydroxylation is 2. The van der Waals surface area contributed by atoms with Gasteiger partial charge >= 0.3 is 5.97 Å². The van der Waals surface area contributed by atoms with Crippen molar-refractivity contribution < 1.29 is 9.90 Å². The highest BCUT2D eigenvalue weighted by atomic mass is 16.4. The molecule has 0 aromatic heterocycles. The van der Waals surface area contributed by atoms with Crippen molar-refractivity contribution >= 4 is 11.7 Å². The maximum absolute atomic E-state index is 12.2. The smallest absolute Gasteiger partial charge is 0.326 e. The summed E-state index contributed by atoms with van der Waals surface area (Å²) < 4.78 is 0. The maximum Gasteiger partial charge on any atom is 0.326 e. The first-order valence-electron chi connectivity index (χ1n) is 9.04. The zero-order chi connectivity index (χ0) is 16.6. The fraction of sp³-hybridized carbons (Fsp3) is 0.476. The molecule has 5 rings (SSSR count). The second-order valence-corrected chi connectivity index (χ2v) is 7.92. The lowest BCUT2D eigenvalue weighted by atomic mass is 9.70. The maximum atomic E-state index is 12.2. The Labute approximate surface area is 142 Å². The normalized spacial score (nSPS) is 34.9. The number of allylic oxidation sites excluding steroid dienone is 4. The number of fused-ring (bicyclic) bond motifs is 4. The second-order valence-electron chi connectivity index (χ2n) is 7.92. The van der Waals surface area contributed by atoms with Gasteiger partial charge in [0, 0.05) is 30.0 Å². The van der Waals surface area contributed by atoms with Crippen LogP contribution >= 0.6 is 0 Å². The van der Waals surface area contributed by atoms with Gasteiger partial charge in [0.2, 0.25) is 0 Å². The molecule has 0 unspecified atom stereocenters. The van der Waals surface area contributed by atoms with E-state index in [0.29, 0.717) is 11.8 Å². The molecule has 2 aliphatic carbocycles. The average Bonchev–Trinajstić information content (AvgIpc) is 3.17. The van der Waals surface area contributed by atoms with E-state index in [4.69, 9.17) is 0 Å². The van der Waals surface area contributed by atoms with Gasteiger partial charge in [0.25, 0.3) is 0 Å². The highest BCUT2D eigenvalue weighted by Crippen LogP contribution is 2.56. The Bertz CT molecular complexity index is 786. The van der Waals surface area contributed by atoms with Gasteiger partial charge in [-0.25, -0.2) is 4.79 Å². The Morgan fingerprint density at radius 2 is 1.75 bits per heavy atom. The largest absolute Gasteiger partial charge is 0.480 e. The van der Waals surface area contributed by atoms with Crippen molar-refractivity contribution in [2.75, 3.05) is 11.4 Å². The summed E-state index contributed by atoms with van der Waals surface area (Å²) >= 11 is 0. The standard InChI is InChI=1S/C21H23NO2/c1-11-9-12(2)18-15-7-4-8-16(15)19(21(23)24)22-10-13-5-3-6-14(13)17(11)20(18)22/h3-4,6-7,9,13-16,19H,5,8,10H2,1-2H3,(H,23,24)/t13-,14+,15+,16+,19+/m1/s1. The molecular weight excluding hydrogens is 298 g/mol. The summed E-state index contributed by atoms with van der Waals surface area (Å²) in [4.78, 5) is 14.4. The summed E-state index contributed by atoms with van der Waals surface area (Å²) in [5.74, 6) is 0.772. The van der Waals surface area contributed by atoms with Crippen LogP contribution in [0.15, 0.2) is 30.4 Å². The van der Waals surface area contributed by atoms with E-state index in [9.17, 15) is 9.90 Å². The van der Waals surface area contributed by atoms with Gasteiger partial charge in [-0.1, -0.05) is 30.4 Å². The second kappa shape index (κ2) is 4.75. The van der Waals surface area contributed by atoms with Crippen LogP contribution in [-0.2, 0) is 4.79 Å². The van der Waals surface area contributed by atoms with Gasteiger partial charge in [-0.05, 0) is 54.9 Å². The number of carboxylic acid groups (broad SMARTS) is 1. The molecule has 0 saturated heterocycles. The van der Waals surface area contributed by atoms with Crippen molar-refractivity contribution in [3.63, 3.8) is 0 Å². The van der Waals surface area contributed by atoms with Gasteiger partial charge in [-0.15, -0.1) is 0 Å². The lowest BCUT2D eigenvalue weighted by molar-refractivity contribution is -0.140. The molecule has 3 nitrogen and oxygen atoms in total. The van der Waals surface area contributed by atoms with Crippen LogP contribution in [0.25, 0.3) is 0 Å². The molecule has 1 N–H and O–H groups in total. The summed E-state index contributed by atoms with van der Waals surface area (Å²) in [6, 6.07) is 1.93. The van der Waals surface area contributed by atoms with Crippen LogP contribution in [0.1, 0.15) is 46.9 Å². The van der Waals surface area contributed by atoms with E-state index in [1.54, 1.807) is 0 Å². The van der Waals surface area contributed by atoms with Crippen LogP contribution in [0.2, 0.25) is 0 Å². The Morgan fingerprint density at radius 3 is 2.50 bits per heavy atom. The number of benzene rings is 1. The summed E-state index contributed by atoms with van der Waals surface area (Å²) in [5.41, 5.74) is 6.68. The first-order chi connectivity index (χ1) is 11.6. The number of hydrogen-bond donors (Lipinski definition) is 1. The molecule has 0 radical (unpaired) electrons. The van der Waals surface area contributed by atoms with E-state index in [1.165, 1.54) is 27.9 Å².